The number of hydrogen-bond donors (Lipinski definition) is 1. The summed E-state index contributed by atoms with van der Waals surface area (Å²) >= 11 is 1.90. The first kappa shape index (κ1) is 16.6. The second-order valence-corrected chi connectivity index (χ2v) is 6.87. The molecule has 3 nitrogen and oxygen atoms in total. The summed E-state index contributed by atoms with van der Waals surface area (Å²) in [7, 11) is 3.91. The van der Waals surface area contributed by atoms with Gasteiger partial charge in [0.1, 0.15) is 0 Å². The first-order valence-electron chi connectivity index (χ1n) is 7.00. The summed E-state index contributed by atoms with van der Waals surface area (Å²) < 4.78 is 5.19. The van der Waals surface area contributed by atoms with Gasteiger partial charge in [-0.1, -0.05) is 13.8 Å². The average Bonchev–Trinajstić information content (AvgIpc) is 2.76. The van der Waals surface area contributed by atoms with Crippen molar-refractivity contribution in [2.45, 2.75) is 39.9 Å². The van der Waals surface area contributed by atoms with Crippen LogP contribution in [0.15, 0.2) is 12.1 Å². The van der Waals surface area contributed by atoms with Crippen LogP contribution in [0.3, 0.4) is 0 Å². The van der Waals surface area contributed by atoms with Gasteiger partial charge < -0.3 is 10.1 Å². The van der Waals surface area contributed by atoms with Crippen molar-refractivity contribution in [1.29, 1.82) is 0 Å². The summed E-state index contributed by atoms with van der Waals surface area (Å²) in [6.07, 6.45) is 0. The minimum absolute atomic E-state index is 0.453. The van der Waals surface area contributed by atoms with Gasteiger partial charge >= 0.3 is 0 Å². The van der Waals surface area contributed by atoms with Crippen LogP contribution in [0.5, 0.6) is 0 Å². The molecule has 0 saturated carbocycles. The van der Waals surface area contributed by atoms with E-state index in [1.807, 2.05) is 11.3 Å². The molecule has 4 heteroatoms. The van der Waals surface area contributed by atoms with Crippen LogP contribution in [-0.4, -0.2) is 38.3 Å². The molecule has 1 aromatic rings. The number of nitrogens with zero attached hydrogens (tertiary/aromatic N) is 1. The molecule has 0 aromatic carbocycles. The van der Waals surface area contributed by atoms with Crippen molar-refractivity contribution in [3.8, 4) is 0 Å². The largest absolute Gasteiger partial charge is 0.383 e. The van der Waals surface area contributed by atoms with Crippen LogP contribution in [0, 0.1) is 5.92 Å². The van der Waals surface area contributed by atoms with E-state index in [9.17, 15) is 0 Å². The Bertz CT molecular complexity index is 352. The summed E-state index contributed by atoms with van der Waals surface area (Å²) in [5, 5.41) is 3.49. The van der Waals surface area contributed by atoms with Gasteiger partial charge in [-0.15, -0.1) is 11.3 Å². The monoisotopic (exact) mass is 284 g/mol. The van der Waals surface area contributed by atoms with E-state index in [0.29, 0.717) is 12.0 Å². The zero-order valence-electron chi connectivity index (χ0n) is 12.9. The molecule has 1 aromatic heterocycles. The first-order chi connectivity index (χ1) is 9.02. The fraction of sp³-hybridized carbons (Fsp3) is 0.733. The molecule has 1 N–H and O–H groups in total. The lowest BCUT2D eigenvalue weighted by Gasteiger charge is -2.23. The van der Waals surface area contributed by atoms with Gasteiger partial charge in [-0.25, -0.2) is 0 Å². The van der Waals surface area contributed by atoms with Gasteiger partial charge in [-0.05, 0) is 38.6 Å². The number of likely N-dealkylation sites (N-methyl/N-ethyl adjacent to an activating group) is 1. The maximum Gasteiger partial charge on any atom is 0.0615 e. The molecule has 1 atom stereocenters. The highest BCUT2D eigenvalue weighted by Crippen LogP contribution is 2.18. The third kappa shape index (κ3) is 6.52. The fourth-order valence-corrected chi connectivity index (χ4v) is 2.91. The lowest BCUT2D eigenvalue weighted by Crippen LogP contribution is -2.31. The fourth-order valence-electron chi connectivity index (χ4n) is 1.86. The Morgan fingerprint density at radius 3 is 2.58 bits per heavy atom. The van der Waals surface area contributed by atoms with Gasteiger partial charge in [0.2, 0.25) is 0 Å². The Labute approximate surface area is 122 Å². The van der Waals surface area contributed by atoms with Gasteiger partial charge in [-0.2, -0.15) is 0 Å². The summed E-state index contributed by atoms with van der Waals surface area (Å²) in [5.41, 5.74) is 0. The van der Waals surface area contributed by atoms with Crippen molar-refractivity contribution >= 4 is 11.3 Å². The molecule has 1 heterocycles. The minimum atomic E-state index is 0.453. The predicted octanol–water partition coefficient (Wildman–Crippen LogP) is 2.96. The molecule has 110 valence electrons. The molecular formula is C15H28N2OS. The molecule has 0 bridgehead atoms. The summed E-state index contributed by atoms with van der Waals surface area (Å²) in [6.45, 7) is 10.5. The number of hydrogen-bond acceptors (Lipinski definition) is 4. The molecule has 19 heavy (non-hydrogen) atoms. The summed E-state index contributed by atoms with van der Waals surface area (Å²) in [4.78, 5) is 5.18. The van der Waals surface area contributed by atoms with Gasteiger partial charge in [0, 0.05) is 36.0 Å². The molecule has 0 aliphatic carbocycles. The average molecular weight is 284 g/mol. The molecule has 0 aliphatic heterocycles. The lowest BCUT2D eigenvalue weighted by atomic mass is 10.2. The Morgan fingerprint density at radius 2 is 1.95 bits per heavy atom. The molecule has 0 spiro atoms. The first-order valence-corrected chi connectivity index (χ1v) is 7.82. The van der Waals surface area contributed by atoms with Gasteiger partial charge in [0.15, 0.2) is 0 Å². The van der Waals surface area contributed by atoms with E-state index >= 15 is 0 Å². The van der Waals surface area contributed by atoms with E-state index in [1.165, 1.54) is 9.75 Å². The maximum absolute atomic E-state index is 5.19. The third-order valence-electron chi connectivity index (χ3n) is 3.13. The van der Waals surface area contributed by atoms with Crippen LogP contribution in [0.2, 0.25) is 0 Å². The molecule has 0 aliphatic rings. The molecule has 0 fully saturated rings. The molecule has 1 unspecified atom stereocenters. The van der Waals surface area contributed by atoms with Crippen molar-refractivity contribution in [2.24, 2.45) is 5.92 Å². The van der Waals surface area contributed by atoms with Crippen LogP contribution in [0.1, 0.15) is 30.5 Å². The molecule has 1 rings (SSSR count). The maximum atomic E-state index is 5.19. The highest BCUT2D eigenvalue weighted by Gasteiger charge is 2.10. The second kappa shape index (κ2) is 8.69. The van der Waals surface area contributed by atoms with E-state index in [1.54, 1.807) is 7.11 Å². The lowest BCUT2D eigenvalue weighted by molar-refractivity contribution is 0.112. The number of nitrogens with one attached hydrogen (secondary N) is 1. The normalized spacial score (nSPS) is 13.4. The predicted molar refractivity (Wildman–Crippen MR) is 83.7 cm³/mol. The number of methoxy groups -OCH3 is 1. The zero-order chi connectivity index (χ0) is 14.3. The van der Waals surface area contributed by atoms with E-state index < -0.39 is 0 Å². The van der Waals surface area contributed by atoms with E-state index in [2.05, 4.69) is 50.2 Å². The van der Waals surface area contributed by atoms with E-state index in [4.69, 9.17) is 4.74 Å². The SMILES string of the molecule is COCC(C)N(C)Cc1ccc(CNCC(C)C)s1. The minimum Gasteiger partial charge on any atom is -0.383 e. The number of ether oxygens (including phenoxy) is 1. The quantitative estimate of drug-likeness (QED) is 0.754. The van der Waals surface area contributed by atoms with Crippen molar-refractivity contribution in [1.82, 2.24) is 10.2 Å². The Hall–Kier alpha value is -0.420. The topological polar surface area (TPSA) is 24.5 Å². The standard InChI is InChI=1S/C15H28N2OS/c1-12(2)8-16-9-14-6-7-15(19-14)10-17(4)13(3)11-18-5/h6-7,12-13,16H,8-11H2,1-5H3. The van der Waals surface area contributed by atoms with Crippen molar-refractivity contribution in [2.75, 3.05) is 27.3 Å². The van der Waals surface area contributed by atoms with Crippen molar-refractivity contribution < 1.29 is 4.74 Å². The van der Waals surface area contributed by atoms with Gasteiger partial charge in [-0.3, -0.25) is 4.90 Å². The van der Waals surface area contributed by atoms with Crippen molar-refractivity contribution in [3.63, 3.8) is 0 Å². The Balaban J connectivity index is 2.37. The Morgan fingerprint density at radius 1 is 1.26 bits per heavy atom. The molecule has 0 radical (unpaired) electrons. The van der Waals surface area contributed by atoms with Crippen LogP contribution in [0.25, 0.3) is 0 Å². The Kier molecular flexibility index (Phi) is 7.61. The highest BCUT2D eigenvalue weighted by atomic mass is 32.1. The second-order valence-electron chi connectivity index (χ2n) is 5.61. The highest BCUT2D eigenvalue weighted by molar-refractivity contribution is 7.11. The van der Waals surface area contributed by atoms with Crippen molar-refractivity contribution in [3.05, 3.63) is 21.9 Å². The van der Waals surface area contributed by atoms with E-state index in [-0.39, 0.29) is 0 Å². The summed E-state index contributed by atoms with van der Waals surface area (Å²) in [5.74, 6) is 0.709. The molecular weight excluding hydrogens is 256 g/mol. The van der Waals surface area contributed by atoms with Crippen LogP contribution in [0.4, 0.5) is 0 Å². The number of rotatable bonds is 9. The number of thiophene rings is 1. The third-order valence-corrected chi connectivity index (χ3v) is 4.20. The smallest absolute Gasteiger partial charge is 0.0615 e. The molecule has 0 amide bonds. The van der Waals surface area contributed by atoms with Gasteiger partial charge in [0.05, 0.1) is 6.61 Å². The molecule has 0 saturated heterocycles. The van der Waals surface area contributed by atoms with Crippen LogP contribution in [-0.2, 0) is 17.8 Å². The van der Waals surface area contributed by atoms with Gasteiger partial charge in [0.25, 0.3) is 0 Å². The summed E-state index contributed by atoms with van der Waals surface area (Å²) in [6, 6.07) is 4.93. The van der Waals surface area contributed by atoms with Crippen LogP contribution < -0.4 is 5.32 Å². The van der Waals surface area contributed by atoms with Crippen LogP contribution >= 0.6 is 11.3 Å². The zero-order valence-corrected chi connectivity index (χ0v) is 13.7. The van der Waals surface area contributed by atoms with E-state index in [0.717, 1.165) is 26.2 Å².